The lowest BCUT2D eigenvalue weighted by molar-refractivity contribution is 0.0948. The molecular formula is C12H16NO. The highest BCUT2D eigenvalue weighted by Gasteiger charge is 2.03. The van der Waals surface area contributed by atoms with Gasteiger partial charge in [0.15, 0.2) is 0 Å². The molecule has 0 bridgehead atoms. The molecule has 0 fully saturated rings. The predicted molar refractivity (Wildman–Crippen MR) is 57.3 cm³/mol. The minimum atomic E-state index is -0.0956. The predicted octanol–water partition coefficient (Wildman–Crippen LogP) is 2.62. The van der Waals surface area contributed by atoms with Crippen molar-refractivity contribution >= 4 is 5.91 Å². The molecule has 1 amide bonds. The first-order chi connectivity index (χ1) is 6.84. The topological polar surface area (TPSA) is 31.2 Å². The maximum absolute atomic E-state index is 11.4. The van der Waals surface area contributed by atoms with E-state index in [-0.39, 0.29) is 5.91 Å². The van der Waals surface area contributed by atoms with E-state index in [0.717, 1.165) is 19.3 Å². The van der Waals surface area contributed by atoms with E-state index in [4.69, 9.17) is 0 Å². The molecule has 0 atom stereocenters. The number of amides is 1. The van der Waals surface area contributed by atoms with Gasteiger partial charge in [-0.25, -0.2) is 5.32 Å². The highest BCUT2D eigenvalue weighted by molar-refractivity contribution is 5.93. The number of hydrogen-bond donors (Lipinski definition) is 0. The molecule has 0 aliphatic rings. The van der Waals surface area contributed by atoms with Gasteiger partial charge in [-0.3, -0.25) is 4.79 Å². The molecule has 1 rings (SSSR count). The van der Waals surface area contributed by atoms with Gasteiger partial charge in [0.1, 0.15) is 0 Å². The van der Waals surface area contributed by atoms with Gasteiger partial charge < -0.3 is 0 Å². The van der Waals surface area contributed by atoms with Gasteiger partial charge in [0.05, 0.1) is 0 Å². The second kappa shape index (κ2) is 6.19. The Morgan fingerprint density at radius 2 is 1.93 bits per heavy atom. The van der Waals surface area contributed by atoms with Gasteiger partial charge in [-0.05, 0) is 18.6 Å². The third-order valence-corrected chi connectivity index (χ3v) is 2.04. The van der Waals surface area contributed by atoms with Crippen LogP contribution in [0.15, 0.2) is 30.3 Å². The summed E-state index contributed by atoms with van der Waals surface area (Å²) in [6.45, 7) is 2.79. The Morgan fingerprint density at radius 1 is 1.21 bits per heavy atom. The van der Waals surface area contributed by atoms with Crippen LogP contribution in [0, 0.1) is 0 Å². The van der Waals surface area contributed by atoms with Crippen LogP contribution in [0.2, 0.25) is 0 Å². The van der Waals surface area contributed by atoms with E-state index in [1.165, 1.54) is 0 Å². The number of carbonyl (C=O) groups excluding carboxylic acids is 1. The maximum Gasteiger partial charge on any atom is 0.272 e. The van der Waals surface area contributed by atoms with Crippen LogP contribution in [0.5, 0.6) is 0 Å². The van der Waals surface area contributed by atoms with E-state index in [1.54, 1.807) is 12.1 Å². The summed E-state index contributed by atoms with van der Waals surface area (Å²) < 4.78 is 0. The molecule has 0 saturated carbocycles. The summed E-state index contributed by atoms with van der Waals surface area (Å²) in [4.78, 5) is 11.4. The zero-order chi connectivity index (χ0) is 10.2. The molecular weight excluding hydrogens is 174 g/mol. The van der Waals surface area contributed by atoms with Crippen molar-refractivity contribution in [1.82, 2.24) is 5.32 Å². The summed E-state index contributed by atoms with van der Waals surface area (Å²) in [5.74, 6) is -0.0956. The van der Waals surface area contributed by atoms with Crippen LogP contribution in [0.25, 0.3) is 0 Å². The Balaban J connectivity index is 2.29. The molecule has 0 aliphatic heterocycles. The van der Waals surface area contributed by atoms with E-state index < -0.39 is 0 Å². The molecule has 1 aromatic rings. The standard InChI is InChI=1S/C12H16NO/c1-2-3-7-10-13-12(14)11-8-5-4-6-9-11/h4-6,8-9H,2-3,7,10H2,1H3. The van der Waals surface area contributed by atoms with E-state index in [2.05, 4.69) is 12.2 Å². The lowest BCUT2D eigenvalue weighted by atomic mass is 10.2. The van der Waals surface area contributed by atoms with Crippen molar-refractivity contribution in [2.45, 2.75) is 26.2 Å². The summed E-state index contributed by atoms with van der Waals surface area (Å²) in [5.41, 5.74) is 0.684. The number of carbonyl (C=O) groups is 1. The van der Waals surface area contributed by atoms with Crippen molar-refractivity contribution in [1.29, 1.82) is 0 Å². The van der Waals surface area contributed by atoms with Gasteiger partial charge in [-0.2, -0.15) is 0 Å². The van der Waals surface area contributed by atoms with Crippen LogP contribution in [0.4, 0.5) is 0 Å². The number of nitrogens with zero attached hydrogens (tertiary/aromatic N) is 1. The van der Waals surface area contributed by atoms with Crippen LogP contribution < -0.4 is 5.32 Å². The minimum absolute atomic E-state index is 0.0956. The Labute approximate surface area is 85.3 Å². The molecule has 1 radical (unpaired) electrons. The molecule has 2 nitrogen and oxygen atoms in total. The second-order valence-electron chi connectivity index (χ2n) is 3.26. The minimum Gasteiger partial charge on any atom is -0.267 e. The third-order valence-electron chi connectivity index (χ3n) is 2.04. The fraction of sp³-hybridized carbons (Fsp3) is 0.417. The Bertz CT molecular complexity index is 269. The van der Waals surface area contributed by atoms with Crippen molar-refractivity contribution in [3.63, 3.8) is 0 Å². The fourth-order valence-corrected chi connectivity index (χ4v) is 1.21. The molecule has 1 aromatic carbocycles. The van der Waals surface area contributed by atoms with Gasteiger partial charge in [0, 0.05) is 12.1 Å². The van der Waals surface area contributed by atoms with Crippen molar-refractivity contribution in [2.24, 2.45) is 0 Å². The maximum atomic E-state index is 11.4. The normalized spacial score (nSPS) is 9.79. The first-order valence-corrected chi connectivity index (χ1v) is 5.11. The summed E-state index contributed by atoms with van der Waals surface area (Å²) in [5, 5.41) is 3.99. The van der Waals surface area contributed by atoms with E-state index in [0.29, 0.717) is 12.1 Å². The highest BCUT2D eigenvalue weighted by Crippen LogP contribution is 1.99. The molecule has 0 aliphatic carbocycles. The van der Waals surface area contributed by atoms with Gasteiger partial charge in [0.2, 0.25) is 0 Å². The van der Waals surface area contributed by atoms with E-state index in [1.807, 2.05) is 18.2 Å². The largest absolute Gasteiger partial charge is 0.272 e. The molecule has 2 heteroatoms. The smallest absolute Gasteiger partial charge is 0.267 e. The average molecular weight is 190 g/mol. The summed E-state index contributed by atoms with van der Waals surface area (Å²) in [6, 6.07) is 9.20. The van der Waals surface area contributed by atoms with Gasteiger partial charge in [-0.1, -0.05) is 38.0 Å². The summed E-state index contributed by atoms with van der Waals surface area (Å²) in [6.07, 6.45) is 3.32. The van der Waals surface area contributed by atoms with Crippen LogP contribution in [-0.2, 0) is 0 Å². The molecule has 75 valence electrons. The molecule has 0 saturated heterocycles. The van der Waals surface area contributed by atoms with Crippen molar-refractivity contribution in [3.05, 3.63) is 35.9 Å². The molecule has 0 N–H and O–H groups in total. The average Bonchev–Trinajstić information content (AvgIpc) is 2.25. The highest BCUT2D eigenvalue weighted by atomic mass is 16.1. The number of hydrogen-bond acceptors (Lipinski definition) is 1. The van der Waals surface area contributed by atoms with E-state index in [9.17, 15) is 4.79 Å². The number of rotatable bonds is 5. The zero-order valence-corrected chi connectivity index (χ0v) is 8.57. The first kappa shape index (κ1) is 10.8. The van der Waals surface area contributed by atoms with Crippen LogP contribution >= 0.6 is 0 Å². The molecule has 0 heterocycles. The van der Waals surface area contributed by atoms with Crippen LogP contribution in [0.3, 0.4) is 0 Å². The van der Waals surface area contributed by atoms with E-state index >= 15 is 0 Å². The summed E-state index contributed by atoms with van der Waals surface area (Å²) >= 11 is 0. The lowest BCUT2D eigenvalue weighted by Gasteiger charge is -2.00. The van der Waals surface area contributed by atoms with Crippen LogP contribution in [-0.4, -0.2) is 12.5 Å². The second-order valence-corrected chi connectivity index (χ2v) is 3.26. The monoisotopic (exact) mass is 190 g/mol. The Morgan fingerprint density at radius 3 is 2.57 bits per heavy atom. The lowest BCUT2D eigenvalue weighted by Crippen LogP contribution is -2.16. The van der Waals surface area contributed by atoms with Crippen molar-refractivity contribution < 1.29 is 4.79 Å². The first-order valence-electron chi connectivity index (χ1n) is 5.11. The Hall–Kier alpha value is -1.31. The zero-order valence-electron chi connectivity index (χ0n) is 8.57. The van der Waals surface area contributed by atoms with Crippen molar-refractivity contribution in [2.75, 3.05) is 6.54 Å². The SMILES string of the molecule is CCCCC[N]C(=O)c1ccccc1. The van der Waals surface area contributed by atoms with Crippen molar-refractivity contribution in [3.8, 4) is 0 Å². The van der Waals surface area contributed by atoms with Gasteiger partial charge in [-0.15, -0.1) is 0 Å². The molecule has 14 heavy (non-hydrogen) atoms. The number of benzene rings is 1. The quantitative estimate of drug-likeness (QED) is 0.656. The summed E-state index contributed by atoms with van der Waals surface area (Å²) in [7, 11) is 0. The third kappa shape index (κ3) is 3.60. The number of unbranched alkanes of at least 4 members (excludes halogenated alkanes) is 2. The molecule has 0 spiro atoms. The van der Waals surface area contributed by atoms with Crippen LogP contribution in [0.1, 0.15) is 36.5 Å². The molecule has 0 unspecified atom stereocenters. The van der Waals surface area contributed by atoms with Gasteiger partial charge in [0.25, 0.3) is 5.91 Å². The van der Waals surface area contributed by atoms with Gasteiger partial charge >= 0.3 is 0 Å². The Kier molecular flexibility index (Phi) is 4.76. The fourth-order valence-electron chi connectivity index (χ4n) is 1.21. The molecule has 0 aromatic heterocycles.